The van der Waals surface area contributed by atoms with Gasteiger partial charge in [0.2, 0.25) is 0 Å². The standard InChI is InChI=1S/C19H30N2O3/c1-13(2)8-9-17-20-15-12-21(11-10-16(15)24-17)19(23)18(22)14-6-4-3-5-7-14/h13-14,18,22H,3-12H2,1-2H3/t18-/m1/s1. The molecule has 1 aromatic heterocycles. The number of hydrogen-bond acceptors (Lipinski definition) is 4. The van der Waals surface area contributed by atoms with Gasteiger partial charge in [0.05, 0.1) is 6.54 Å². The van der Waals surface area contributed by atoms with Crippen molar-refractivity contribution in [2.24, 2.45) is 11.8 Å². The fourth-order valence-electron chi connectivity index (χ4n) is 3.80. The molecule has 1 N–H and O–H groups in total. The van der Waals surface area contributed by atoms with Crippen LogP contribution in [0, 0.1) is 11.8 Å². The lowest BCUT2D eigenvalue weighted by Crippen LogP contribution is -2.45. The van der Waals surface area contributed by atoms with Crippen LogP contribution >= 0.6 is 0 Å². The third kappa shape index (κ3) is 4.00. The summed E-state index contributed by atoms with van der Waals surface area (Å²) in [7, 11) is 0. The van der Waals surface area contributed by atoms with Crippen LogP contribution in [0.25, 0.3) is 0 Å². The van der Waals surface area contributed by atoms with Crippen LogP contribution in [0.5, 0.6) is 0 Å². The summed E-state index contributed by atoms with van der Waals surface area (Å²) in [6.45, 7) is 5.48. The second-order valence-electron chi connectivity index (χ2n) is 7.76. The molecule has 2 aliphatic rings. The van der Waals surface area contributed by atoms with Gasteiger partial charge >= 0.3 is 0 Å². The number of carbonyl (C=O) groups excluding carboxylic acids is 1. The lowest BCUT2D eigenvalue weighted by atomic mass is 9.84. The maximum Gasteiger partial charge on any atom is 0.252 e. The molecule has 1 saturated carbocycles. The first kappa shape index (κ1) is 17.5. The zero-order valence-electron chi connectivity index (χ0n) is 15.0. The van der Waals surface area contributed by atoms with Crippen molar-refractivity contribution in [1.82, 2.24) is 9.88 Å². The molecule has 2 heterocycles. The Morgan fingerprint density at radius 3 is 2.79 bits per heavy atom. The van der Waals surface area contributed by atoms with Crippen LogP contribution in [0.3, 0.4) is 0 Å². The molecule has 1 amide bonds. The number of oxazole rings is 1. The van der Waals surface area contributed by atoms with Crippen molar-refractivity contribution in [3.05, 3.63) is 17.3 Å². The molecule has 24 heavy (non-hydrogen) atoms. The Balaban J connectivity index is 1.60. The van der Waals surface area contributed by atoms with Crippen LogP contribution in [0.1, 0.15) is 69.7 Å². The summed E-state index contributed by atoms with van der Waals surface area (Å²) in [6, 6.07) is 0. The monoisotopic (exact) mass is 334 g/mol. The van der Waals surface area contributed by atoms with Crippen LogP contribution in [-0.4, -0.2) is 33.5 Å². The minimum absolute atomic E-state index is 0.126. The van der Waals surface area contributed by atoms with Gasteiger partial charge < -0.3 is 14.4 Å². The third-order valence-corrected chi connectivity index (χ3v) is 5.37. The van der Waals surface area contributed by atoms with Crippen LogP contribution < -0.4 is 0 Å². The Labute approximate surface area is 144 Å². The zero-order valence-corrected chi connectivity index (χ0v) is 15.0. The molecule has 3 rings (SSSR count). The van der Waals surface area contributed by atoms with Gasteiger partial charge in [0, 0.05) is 19.4 Å². The predicted octanol–water partition coefficient (Wildman–Crippen LogP) is 3.09. The quantitative estimate of drug-likeness (QED) is 0.898. The summed E-state index contributed by atoms with van der Waals surface area (Å²) in [6.07, 6.45) is 7.18. The fourth-order valence-corrected chi connectivity index (χ4v) is 3.80. The molecule has 1 aromatic rings. The Morgan fingerprint density at radius 1 is 1.33 bits per heavy atom. The topological polar surface area (TPSA) is 66.6 Å². The minimum atomic E-state index is -0.848. The molecule has 0 saturated heterocycles. The van der Waals surface area contributed by atoms with Gasteiger partial charge in [0.15, 0.2) is 5.89 Å². The van der Waals surface area contributed by atoms with E-state index in [9.17, 15) is 9.90 Å². The van der Waals surface area contributed by atoms with E-state index in [1.807, 2.05) is 0 Å². The average molecular weight is 334 g/mol. The number of rotatable bonds is 5. The SMILES string of the molecule is CC(C)CCc1nc2c(o1)CCN(C(=O)[C@H](O)C1CCCCC1)C2. The lowest BCUT2D eigenvalue weighted by Gasteiger charge is -2.32. The van der Waals surface area contributed by atoms with Gasteiger partial charge in [0.1, 0.15) is 17.6 Å². The highest BCUT2D eigenvalue weighted by Crippen LogP contribution is 2.28. The van der Waals surface area contributed by atoms with Crippen LogP contribution in [0.4, 0.5) is 0 Å². The van der Waals surface area contributed by atoms with Gasteiger partial charge in [-0.05, 0) is 31.1 Å². The first-order valence-electron chi connectivity index (χ1n) is 9.49. The van der Waals surface area contributed by atoms with E-state index in [1.165, 1.54) is 6.42 Å². The molecule has 0 spiro atoms. The van der Waals surface area contributed by atoms with Crippen molar-refractivity contribution in [2.75, 3.05) is 6.54 Å². The summed E-state index contributed by atoms with van der Waals surface area (Å²) < 4.78 is 5.85. The van der Waals surface area contributed by atoms with Gasteiger partial charge in [-0.1, -0.05) is 33.1 Å². The fraction of sp³-hybridized carbons (Fsp3) is 0.789. The third-order valence-electron chi connectivity index (χ3n) is 5.37. The summed E-state index contributed by atoms with van der Waals surface area (Å²) in [5.74, 6) is 2.34. The van der Waals surface area contributed by atoms with Crippen molar-refractivity contribution in [3.63, 3.8) is 0 Å². The second kappa shape index (κ2) is 7.68. The van der Waals surface area contributed by atoms with E-state index in [2.05, 4.69) is 18.8 Å². The van der Waals surface area contributed by atoms with Crippen LogP contribution in [-0.2, 0) is 24.2 Å². The van der Waals surface area contributed by atoms with Crippen molar-refractivity contribution in [2.45, 2.75) is 77.9 Å². The van der Waals surface area contributed by atoms with Crippen molar-refractivity contribution in [1.29, 1.82) is 0 Å². The van der Waals surface area contributed by atoms with Crippen molar-refractivity contribution < 1.29 is 14.3 Å². The summed E-state index contributed by atoms with van der Waals surface area (Å²) in [5, 5.41) is 10.5. The molecule has 0 radical (unpaired) electrons. The number of amides is 1. The molecule has 1 aliphatic carbocycles. The molecule has 0 aromatic carbocycles. The number of aromatic nitrogens is 1. The Bertz CT molecular complexity index is 561. The highest BCUT2D eigenvalue weighted by atomic mass is 16.4. The van der Waals surface area contributed by atoms with Crippen molar-refractivity contribution in [3.8, 4) is 0 Å². The van der Waals surface area contributed by atoms with E-state index in [0.29, 0.717) is 25.4 Å². The Hall–Kier alpha value is -1.36. The van der Waals surface area contributed by atoms with E-state index in [-0.39, 0.29) is 11.8 Å². The summed E-state index contributed by atoms with van der Waals surface area (Å²) in [5.41, 5.74) is 0.879. The average Bonchev–Trinajstić information content (AvgIpc) is 3.01. The number of nitrogens with zero attached hydrogens (tertiary/aromatic N) is 2. The second-order valence-corrected chi connectivity index (χ2v) is 7.76. The van der Waals surface area contributed by atoms with Gasteiger partial charge in [-0.15, -0.1) is 0 Å². The van der Waals surface area contributed by atoms with Gasteiger partial charge in [-0.3, -0.25) is 4.79 Å². The van der Waals surface area contributed by atoms with E-state index < -0.39 is 6.10 Å². The Kier molecular flexibility index (Phi) is 5.59. The Morgan fingerprint density at radius 2 is 2.08 bits per heavy atom. The molecule has 1 atom stereocenters. The van der Waals surface area contributed by atoms with Gasteiger partial charge in [-0.25, -0.2) is 4.98 Å². The maximum atomic E-state index is 12.6. The normalized spacial score (nSPS) is 20.2. The molecule has 0 unspecified atom stereocenters. The zero-order chi connectivity index (χ0) is 17.1. The number of carbonyl (C=O) groups is 1. The van der Waals surface area contributed by atoms with Gasteiger partial charge in [0.25, 0.3) is 5.91 Å². The van der Waals surface area contributed by atoms with E-state index >= 15 is 0 Å². The van der Waals surface area contributed by atoms with E-state index in [4.69, 9.17) is 4.42 Å². The molecule has 0 bridgehead atoms. The first-order chi connectivity index (χ1) is 11.5. The number of aliphatic hydroxyl groups excluding tert-OH is 1. The van der Waals surface area contributed by atoms with Crippen LogP contribution in [0.15, 0.2) is 4.42 Å². The molecule has 134 valence electrons. The largest absolute Gasteiger partial charge is 0.445 e. The number of aliphatic hydroxyl groups is 1. The van der Waals surface area contributed by atoms with Crippen LogP contribution in [0.2, 0.25) is 0 Å². The van der Waals surface area contributed by atoms with Gasteiger partial charge in [-0.2, -0.15) is 0 Å². The first-order valence-corrected chi connectivity index (χ1v) is 9.49. The summed E-state index contributed by atoms with van der Waals surface area (Å²) >= 11 is 0. The smallest absolute Gasteiger partial charge is 0.252 e. The molecule has 1 fully saturated rings. The lowest BCUT2D eigenvalue weighted by molar-refractivity contribution is -0.144. The number of aryl methyl sites for hydroxylation is 1. The number of fused-ring (bicyclic) bond motifs is 1. The molecule has 1 aliphatic heterocycles. The highest BCUT2D eigenvalue weighted by molar-refractivity contribution is 5.81. The van der Waals surface area contributed by atoms with Crippen molar-refractivity contribution >= 4 is 5.91 Å². The molecule has 5 nitrogen and oxygen atoms in total. The highest BCUT2D eigenvalue weighted by Gasteiger charge is 2.33. The summed E-state index contributed by atoms with van der Waals surface area (Å²) in [4.78, 5) is 19.0. The predicted molar refractivity (Wildman–Crippen MR) is 91.4 cm³/mol. The number of hydrogen-bond donors (Lipinski definition) is 1. The molecule has 5 heteroatoms. The maximum absolute atomic E-state index is 12.6. The molecular weight excluding hydrogens is 304 g/mol. The molecular formula is C19H30N2O3. The van der Waals surface area contributed by atoms with E-state index in [1.54, 1.807) is 4.90 Å². The minimum Gasteiger partial charge on any atom is -0.445 e. The van der Waals surface area contributed by atoms with E-state index in [0.717, 1.165) is 55.9 Å².